The summed E-state index contributed by atoms with van der Waals surface area (Å²) in [5.41, 5.74) is 0. The molecule has 1 aliphatic rings. The SMILES string of the molecule is COC1(O)[C-]=CC(OC)(OC)C=C1.[Li+]. The average Bonchev–Trinajstić information content (AvgIpc) is 2.20. The predicted molar refractivity (Wildman–Crippen MR) is 45.7 cm³/mol. The van der Waals surface area contributed by atoms with Crippen molar-refractivity contribution in [3.63, 3.8) is 0 Å². The van der Waals surface area contributed by atoms with Crippen molar-refractivity contribution >= 4 is 0 Å². The van der Waals surface area contributed by atoms with E-state index in [1.54, 1.807) is 6.08 Å². The molecular weight excluding hydrogens is 179 g/mol. The molecule has 74 valence electrons. The molecule has 4 nitrogen and oxygen atoms in total. The fourth-order valence-corrected chi connectivity index (χ4v) is 0.994. The van der Waals surface area contributed by atoms with E-state index < -0.39 is 11.6 Å². The molecule has 1 N–H and O–H groups in total. The average molecular weight is 192 g/mol. The number of ether oxygens (including phenoxy) is 3. The van der Waals surface area contributed by atoms with Crippen LogP contribution in [0.4, 0.5) is 0 Å². The topological polar surface area (TPSA) is 47.9 Å². The molecule has 0 saturated heterocycles. The first kappa shape index (κ1) is 13.9. The number of hydrogen-bond donors (Lipinski definition) is 1. The number of methoxy groups -OCH3 is 3. The van der Waals surface area contributed by atoms with Crippen molar-refractivity contribution in [3.05, 3.63) is 24.3 Å². The summed E-state index contributed by atoms with van der Waals surface area (Å²) in [6, 6.07) is 0. The summed E-state index contributed by atoms with van der Waals surface area (Å²) in [5, 5.41) is 9.54. The van der Waals surface area contributed by atoms with Gasteiger partial charge in [0.2, 0.25) is 0 Å². The summed E-state index contributed by atoms with van der Waals surface area (Å²) >= 11 is 0. The summed E-state index contributed by atoms with van der Waals surface area (Å²) in [6.45, 7) is 0. The van der Waals surface area contributed by atoms with Gasteiger partial charge in [0.15, 0.2) is 5.79 Å². The second kappa shape index (κ2) is 5.13. The molecule has 14 heavy (non-hydrogen) atoms. The fraction of sp³-hybridized carbons (Fsp3) is 0.556. The molecule has 0 aromatic heterocycles. The molecule has 1 unspecified atom stereocenters. The second-order valence-electron chi connectivity index (χ2n) is 2.65. The minimum Gasteiger partial charge on any atom is -0.430 e. The zero-order valence-corrected chi connectivity index (χ0v) is 8.90. The van der Waals surface area contributed by atoms with E-state index in [0.29, 0.717) is 0 Å². The van der Waals surface area contributed by atoms with Gasteiger partial charge in [-0.2, -0.15) is 0 Å². The van der Waals surface area contributed by atoms with E-state index in [0.717, 1.165) is 0 Å². The molecule has 0 fully saturated rings. The third-order valence-electron chi connectivity index (χ3n) is 1.97. The normalized spacial score (nSPS) is 28.6. The fourth-order valence-electron chi connectivity index (χ4n) is 0.994. The van der Waals surface area contributed by atoms with Crippen LogP contribution in [0.1, 0.15) is 0 Å². The summed E-state index contributed by atoms with van der Waals surface area (Å²) < 4.78 is 14.9. The van der Waals surface area contributed by atoms with E-state index in [4.69, 9.17) is 14.2 Å². The van der Waals surface area contributed by atoms with Gasteiger partial charge in [0.05, 0.1) is 5.79 Å². The molecule has 5 heteroatoms. The van der Waals surface area contributed by atoms with Crippen molar-refractivity contribution in [2.24, 2.45) is 0 Å². The van der Waals surface area contributed by atoms with Crippen LogP contribution < -0.4 is 18.9 Å². The Morgan fingerprint density at radius 2 is 1.64 bits per heavy atom. The van der Waals surface area contributed by atoms with E-state index in [1.807, 2.05) is 0 Å². The van der Waals surface area contributed by atoms with Crippen LogP contribution >= 0.6 is 0 Å². The molecule has 0 aromatic carbocycles. The number of aliphatic hydroxyl groups is 1. The Labute approximate surface area is 95.7 Å². The van der Waals surface area contributed by atoms with E-state index in [2.05, 4.69) is 6.08 Å². The maximum Gasteiger partial charge on any atom is 1.00 e. The van der Waals surface area contributed by atoms with Crippen LogP contribution in [0, 0.1) is 6.08 Å². The van der Waals surface area contributed by atoms with Gasteiger partial charge in [-0.15, -0.1) is 0 Å². The Bertz CT molecular complexity index is 217. The van der Waals surface area contributed by atoms with E-state index in [1.165, 1.54) is 33.5 Å². The van der Waals surface area contributed by atoms with E-state index in [-0.39, 0.29) is 18.9 Å². The van der Waals surface area contributed by atoms with Crippen molar-refractivity contribution in [2.75, 3.05) is 21.3 Å². The standard InChI is InChI=1S/C9H13O4.Li/c1-11-8(10)4-6-9(12-2,13-3)7-5-8;/h4,6-7,10H,1-3H3;/q-1;+1. The smallest absolute Gasteiger partial charge is 0.430 e. The first-order valence-electron chi connectivity index (χ1n) is 3.80. The molecule has 0 spiro atoms. The van der Waals surface area contributed by atoms with Gasteiger partial charge in [-0.05, 0) is 6.08 Å². The molecule has 1 atom stereocenters. The molecule has 0 heterocycles. The molecule has 1 rings (SSSR count). The Morgan fingerprint density at radius 3 is 1.93 bits per heavy atom. The van der Waals surface area contributed by atoms with Crippen LogP contribution in [0.25, 0.3) is 0 Å². The number of rotatable bonds is 3. The van der Waals surface area contributed by atoms with Gasteiger partial charge < -0.3 is 25.4 Å². The van der Waals surface area contributed by atoms with Gasteiger partial charge in [-0.25, -0.2) is 6.08 Å². The third kappa shape index (κ3) is 2.70. The largest absolute Gasteiger partial charge is 1.00 e. The van der Waals surface area contributed by atoms with Crippen molar-refractivity contribution < 1.29 is 38.2 Å². The van der Waals surface area contributed by atoms with Crippen LogP contribution in [-0.2, 0) is 14.2 Å². The maximum absolute atomic E-state index is 9.54. The zero-order chi connectivity index (χ0) is 9.95. The minimum absolute atomic E-state index is 0. The van der Waals surface area contributed by atoms with E-state index >= 15 is 0 Å². The molecule has 0 aromatic rings. The summed E-state index contributed by atoms with van der Waals surface area (Å²) in [4.78, 5) is 0. The van der Waals surface area contributed by atoms with Gasteiger partial charge in [0.1, 0.15) is 0 Å². The minimum atomic E-state index is -1.47. The molecule has 0 amide bonds. The Balaban J connectivity index is 0.00000169. The predicted octanol–water partition coefficient (Wildman–Crippen LogP) is -2.76. The summed E-state index contributed by atoms with van der Waals surface area (Å²) in [6.07, 6.45) is 7.06. The van der Waals surface area contributed by atoms with Crippen LogP contribution in [-0.4, -0.2) is 38.0 Å². The van der Waals surface area contributed by atoms with Gasteiger partial charge in [0, 0.05) is 21.3 Å². The molecule has 0 saturated carbocycles. The molecular formula is C9H13LiO4. The monoisotopic (exact) mass is 192 g/mol. The Kier molecular flexibility index (Phi) is 5.10. The van der Waals surface area contributed by atoms with Crippen LogP contribution in [0.3, 0.4) is 0 Å². The van der Waals surface area contributed by atoms with Crippen LogP contribution in [0.2, 0.25) is 0 Å². The van der Waals surface area contributed by atoms with Gasteiger partial charge in [0.25, 0.3) is 0 Å². The van der Waals surface area contributed by atoms with Gasteiger partial charge >= 0.3 is 18.9 Å². The first-order chi connectivity index (χ1) is 6.10. The molecule has 0 aliphatic heterocycles. The van der Waals surface area contributed by atoms with Crippen molar-refractivity contribution in [1.82, 2.24) is 0 Å². The Hall–Kier alpha value is -0.0826. The molecule has 0 radical (unpaired) electrons. The van der Waals surface area contributed by atoms with Crippen molar-refractivity contribution in [3.8, 4) is 0 Å². The summed E-state index contributed by atoms with van der Waals surface area (Å²) in [5.74, 6) is -2.41. The second-order valence-corrected chi connectivity index (χ2v) is 2.65. The zero-order valence-electron chi connectivity index (χ0n) is 8.90. The number of hydrogen-bond acceptors (Lipinski definition) is 4. The van der Waals surface area contributed by atoms with Gasteiger partial charge in [-0.1, -0.05) is 6.08 Å². The first-order valence-corrected chi connectivity index (χ1v) is 3.80. The quantitative estimate of drug-likeness (QED) is 0.228. The van der Waals surface area contributed by atoms with Crippen molar-refractivity contribution in [1.29, 1.82) is 0 Å². The third-order valence-corrected chi connectivity index (χ3v) is 1.97. The Morgan fingerprint density at radius 1 is 1.07 bits per heavy atom. The van der Waals surface area contributed by atoms with Gasteiger partial charge in [-0.3, -0.25) is 0 Å². The maximum atomic E-state index is 9.54. The van der Waals surface area contributed by atoms with Crippen LogP contribution in [0.5, 0.6) is 0 Å². The van der Waals surface area contributed by atoms with Crippen molar-refractivity contribution in [2.45, 2.75) is 11.6 Å². The molecule has 0 bridgehead atoms. The van der Waals surface area contributed by atoms with Crippen LogP contribution in [0.15, 0.2) is 18.2 Å². The molecule has 1 aliphatic carbocycles. The van der Waals surface area contributed by atoms with E-state index in [9.17, 15) is 5.11 Å². The summed E-state index contributed by atoms with van der Waals surface area (Å²) in [7, 11) is 4.39.